The first kappa shape index (κ1) is 15.9. The highest BCUT2D eigenvalue weighted by molar-refractivity contribution is 8.14. The van der Waals surface area contributed by atoms with Crippen molar-refractivity contribution < 1.29 is 23.2 Å². The molecule has 0 saturated carbocycles. The summed E-state index contributed by atoms with van der Waals surface area (Å²) in [5, 5.41) is 2.65. The third kappa shape index (κ3) is 3.21. The Morgan fingerprint density at radius 3 is 2.57 bits per heavy atom. The van der Waals surface area contributed by atoms with Crippen molar-refractivity contribution in [3.8, 4) is 0 Å². The highest BCUT2D eigenvalue weighted by Crippen LogP contribution is 2.23. The highest BCUT2D eigenvalue weighted by Gasteiger charge is 2.38. The van der Waals surface area contributed by atoms with E-state index in [-0.39, 0.29) is 35.6 Å². The molecule has 3 rings (SSSR count). The lowest BCUT2D eigenvalue weighted by Gasteiger charge is -2.38. The van der Waals surface area contributed by atoms with Crippen molar-refractivity contribution in [3.05, 3.63) is 35.4 Å². The molecule has 8 heteroatoms. The van der Waals surface area contributed by atoms with Crippen LogP contribution in [0.25, 0.3) is 0 Å². The molecule has 0 aliphatic carbocycles. The summed E-state index contributed by atoms with van der Waals surface area (Å²) < 4.78 is 26.0. The predicted molar refractivity (Wildman–Crippen MR) is 79.8 cm³/mol. The second-order valence-corrected chi connectivity index (χ2v) is 6.65. The molecule has 0 aromatic heterocycles. The Labute approximate surface area is 135 Å². The molecule has 2 fully saturated rings. The Hall–Kier alpha value is -1.96. The van der Waals surface area contributed by atoms with E-state index in [4.69, 9.17) is 0 Å². The Kier molecular flexibility index (Phi) is 4.34. The lowest BCUT2D eigenvalue weighted by Crippen LogP contribution is -2.57. The second-order valence-electron chi connectivity index (χ2n) is 5.55. The topological polar surface area (TPSA) is 66.5 Å². The van der Waals surface area contributed by atoms with Gasteiger partial charge in [-0.15, -0.1) is 0 Å². The van der Waals surface area contributed by atoms with Crippen LogP contribution in [0.5, 0.6) is 0 Å². The van der Waals surface area contributed by atoms with Crippen molar-refractivity contribution in [2.24, 2.45) is 5.92 Å². The first-order valence-electron chi connectivity index (χ1n) is 7.17. The van der Waals surface area contributed by atoms with E-state index in [1.807, 2.05) is 0 Å². The van der Waals surface area contributed by atoms with E-state index >= 15 is 0 Å². The summed E-state index contributed by atoms with van der Waals surface area (Å²) in [7, 11) is 0. The molecule has 2 amide bonds. The molecule has 0 radical (unpaired) electrons. The van der Waals surface area contributed by atoms with E-state index in [2.05, 4.69) is 5.32 Å². The molecular formula is C15H14F2N2O3S. The summed E-state index contributed by atoms with van der Waals surface area (Å²) in [5.41, 5.74) is 0.0464. The molecule has 1 unspecified atom stereocenters. The van der Waals surface area contributed by atoms with Gasteiger partial charge in [0.2, 0.25) is 11.0 Å². The molecule has 5 nitrogen and oxygen atoms in total. The van der Waals surface area contributed by atoms with E-state index in [1.165, 1.54) is 22.7 Å². The summed E-state index contributed by atoms with van der Waals surface area (Å²) in [6, 6.07) is 2.52. The Bertz CT molecular complexity index is 677. The largest absolute Gasteiger partial charge is 0.345 e. The smallest absolute Gasteiger partial charge is 0.254 e. The number of hydrogen-bond acceptors (Lipinski definition) is 4. The van der Waals surface area contributed by atoms with Crippen LogP contribution in [-0.2, 0) is 9.59 Å². The number of amides is 2. The van der Waals surface area contributed by atoms with Gasteiger partial charge in [0.15, 0.2) is 11.6 Å². The van der Waals surface area contributed by atoms with Crippen molar-refractivity contribution in [2.75, 3.05) is 18.8 Å². The molecule has 1 N–H and O–H groups in total. The molecule has 23 heavy (non-hydrogen) atoms. The van der Waals surface area contributed by atoms with Crippen LogP contribution >= 0.6 is 11.8 Å². The number of rotatable bonds is 3. The van der Waals surface area contributed by atoms with Crippen molar-refractivity contribution in [3.63, 3.8) is 0 Å². The third-order valence-corrected chi connectivity index (χ3v) is 4.97. The zero-order chi connectivity index (χ0) is 16.6. The summed E-state index contributed by atoms with van der Waals surface area (Å²) in [6.45, 7) is 0.412. The Morgan fingerprint density at radius 1 is 1.22 bits per heavy atom. The standard InChI is InChI=1S/C15H14F2N2O3S/c16-10-2-1-8(5-11(10)17)14(21)19-6-9(7-19)13(20)18-12-3-4-23-15(12)22/h1-2,5,9,12H,3-4,6-7H2,(H,18,20). The maximum atomic E-state index is 13.2. The minimum absolute atomic E-state index is 0.0348. The normalized spacial score (nSPS) is 21.2. The van der Waals surface area contributed by atoms with Crippen LogP contribution in [0.2, 0.25) is 0 Å². The van der Waals surface area contributed by atoms with Gasteiger partial charge in [-0.05, 0) is 24.6 Å². The van der Waals surface area contributed by atoms with E-state index < -0.39 is 23.6 Å². The van der Waals surface area contributed by atoms with Gasteiger partial charge in [0.25, 0.3) is 5.91 Å². The SMILES string of the molecule is O=C(NC1CCSC1=O)C1CN(C(=O)c2ccc(F)c(F)c2)C1. The van der Waals surface area contributed by atoms with Gasteiger partial charge < -0.3 is 10.2 Å². The van der Waals surface area contributed by atoms with Crippen molar-refractivity contribution in [1.29, 1.82) is 0 Å². The Morgan fingerprint density at radius 2 is 1.96 bits per heavy atom. The second kappa shape index (κ2) is 6.27. The molecular weight excluding hydrogens is 326 g/mol. The molecule has 2 aliphatic rings. The minimum atomic E-state index is -1.08. The molecule has 1 aromatic carbocycles. The van der Waals surface area contributed by atoms with Crippen LogP contribution in [0.15, 0.2) is 18.2 Å². The number of halogens is 2. The number of carbonyl (C=O) groups excluding carboxylic acids is 3. The van der Waals surface area contributed by atoms with Gasteiger partial charge >= 0.3 is 0 Å². The van der Waals surface area contributed by atoms with Gasteiger partial charge in [0, 0.05) is 24.4 Å². The number of likely N-dealkylation sites (tertiary alicyclic amines) is 1. The van der Waals surface area contributed by atoms with Crippen LogP contribution in [0.3, 0.4) is 0 Å². The molecule has 2 aliphatic heterocycles. The van der Waals surface area contributed by atoms with Crippen LogP contribution in [0.4, 0.5) is 8.78 Å². The highest BCUT2D eigenvalue weighted by atomic mass is 32.2. The van der Waals surface area contributed by atoms with Crippen molar-refractivity contribution in [2.45, 2.75) is 12.5 Å². The average molecular weight is 340 g/mol. The van der Waals surface area contributed by atoms with Gasteiger partial charge in [0.05, 0.1) is 12.0 Å². The number of benzene rings is 1. The van der Waals surface area contributed by atoms with E-state index in [9.17, 15) is 23.2 Å². The third-order valence-electron chi connectivity index (χ3n) is 3.96. The summed E-state index contributed by atoms with van der Waals surface area (Å²) in [4.78, 5) is 37.0. The summed E-state index contributed by atoms with van der Waals surface area (Å²) in [6.07, 6.45) is 0.624. The summed E-state index contributed by atoms with van der Waals surface area (Å²) >= 11 is 1.21. The maximum absolute atomic E-state index is 13.2. The zero-order valence-electron chi connectivity index (χ0n) is 12.1. The van der Waals surface area contributed by atoms with Gasteiger partial charge in [0.1, 0.15) is 0 Å². The van der Waals surface area contributed by atoms with Crippen LogP contribution in [0.1, 0.15) is 16.8 Å². The zero-order valence-corrected chi connectivity index (χ0v) is 12.9. The number of thioether (sulfide) groups is 1. The molecule has 2 saturated heterocycles. The van der Waals surface area contributed by atoms with E-state index in [0.29, 0.717) is 12.2 Å². The minimum Gasteiger partial charge on any atom is -0.345 e. The lowest BCUT2D eigenvalue weighted by molar-refractivity contribution is -0.131. The fourth-order valence-corrected chi connectivity index (χ4v) is 3.47. The van der Waals surface area contributed by atoms with Crippen molar-refractivity contribution in [1.82, 2.24) is 10.2 Å². The molecule has 0 spiro atoms. The monoisotopic (exact) mass is 340 g/mol. The molecule has 2 heterocycles. The van der Waals surface area contributed by atoms with Crippen LogP contribution in [-0.4, -0.2) is 46.7 Å². The van der Waals surface area contributed by atoms with E-state index in [1.54, 1.807) is 0 Å². The Balaban J connectivity index is 1.53. The number of carbonyl (C=O) groups is 3. The maximum Gasteiger partial charge on any atom is 0.254 e. The fourth-order valence-electron chi connectivity index (χ4n) is 2.54. The lowest BCUT2D eigenvalue weighted by atomic mass is 9.97. The number of hydrogen-bond donors (Lipinski definition) is 1. The first-order chi connectivity index (χ1) is 11.0. The van der Waals surface area contributed by atoms with Gasteiger partial charge in [-0.25, -0.2) is 8.78 Å². The molecule has 1 atom stereocenters. The van der Waals surface area contributed by atoms with Gasteiger partial charge in [-0.1, -0.05) is 11.8 Å². The molecule has 122 valence electrons. The van der Waals surface area contributed by atoms with Gasteiger partial charge in [-0.2, -0.15) is 0 Å². The quantitative estimate of drug-likeness (QED) is 0.897. The van der Waals surface area contributed by atoms with Crippen molar-refractivity contribution >= 4 is 28.7 Å². The average Bonchev–Trinajstić information content (AvgIpc) is 2.85. The fraction of sp³-hybridized carbons (Fsp3) is 0.400. The molecule has 0 bridgehead atoms. The summed E-state index contributed by atoms with van der Waals surface area (Å²) in [5.74, 6) is -2.46. The van der Waals surface area contributed by atoms with E-state index in [0.717, 1.165) is 12.1 Å². The number of nitrogens with one attached hydrogen (secondary N) is 1. The predicted octanol–water partition coefficient (Wildman–Crippen LogP) is 1.19. The number of nitrogens with zero attached hydrogens (tertiary/aromatic N) is 1. The van der Waals surface area contributed by atoms with Crippen LogP contribution in [0, 0.1) is 17.6 Å². The molecule has 1 aromatic rings. The van der Waals surface area contributed by atoms with Gasteiger partial charge in [-0.3, -0.25) is 14.4 Å². The first-order valence-corrected chi connectivity index (χ1v) is 8.15. The van der Waals surface area contributed by atoms with Crippen LogP contribution < -0.4 is 5.32 Å².